The van der Waals surface area contributed by atoms with Gasteiger partial charge >= 0.3 is 13.9 Å². The van der Waals surface area contributed by atoms with Crippen LogP contribution in [-0.2, 0) is 18.6 Å². The van der Waals surface area contributed by atoms with Crippen LogP contribution in [-0.4, -0.2) is 51.1 Å². The topological polar surface area (TPSA) is 146 Å². The monoisotopic (exact) mass is 335 g/mol. The minimum atomic E-state index is -3.29. The molecule has 124 valence electrons. The van der Waals surface area contributed by atoms with E-state index in [0.717, 1.165) is 4.57 Å². The van der Waals surface area contributed by atoms with Gasteiger partial charge < -0.3 is 29.7 Å². The lowest BCUT2D eigenvalue weighted by atomic mass is 10.1. The van der Waals surface area contributed by atoms with Crippen molar-refractivity contribution in [2.24, 2.45) is 0 Å². The van der Waals surface area contributed by atoms with E-state index >= 15 is 0 Å². The van der Waals surface area contributed by atoms with Gasteiger partial charge in [-0.2, -0.15) is 4.98 Å². The molecular formula is C11H18N3O7P. The summed E-state index contributed by atoms with van der Waals surface area (Å²) < 4.78 is 27.9. The standard InChI is InChI=1S/C11H18N3O7P/c1-5(15)7-8(21-22(17)18)9(19-2)10(20-7)14-4-3-6(12)13-11(14)16/h3-5,7-10,15,22H,1-2H3,(H,17,18)(H2,12,13,16)/t5-,7?,8?,9?,10?/m1/s1. The molecule has 2 rings (SSSR count). The average Bonchev–Trinajstić information content (AvgIpc) is 2.76. The van der Waals surface area contributed by atoms with Crippen molar-refractivity contribution in [2.75, 3.05) is 12.8 Å². The van der Waals surface area contributed by atoms with Crippen molar-refractivity contribution in [3.63, 3.8) is 0 Å². The first-order chi connectivity index (χ1) is 10.3. The first-order valence-electron chi connectivity index (χ1n) is 6.45. The number of methoxy groups -OCH3 is 1. The second-order valence-corrected chi connectivity index (χ2v) is 5.59. The summed E-state index contributed by atoms with van der Waals surface area (Å²) in [4.78, 5) is 24.5. The highest BCUT2D eigenvalue weighted by atomic mass is 31.1. The predicted octanol–water partition coefficient (Wildman–Crippen LogP) is -1.11. The Balaban J connectivity index is 2.39. The fraction of sp³-hybridized carbons (Fsp3) is 0.636. The number of hydrogen-bond donors (Lipinski definition) is 3. The van der Waals surface area contributed by atoms with Gasteiger partial charge in [-0.05, 0) is 13.0 Å². The van der Waals surface area contributed by atoms with Gasteiger partial charge in [0.2, 0.25) is 0 Å². The van der Waals surface area contributed by atoms with Crippen molar-refractivity contribution in [3.8, 4) is 0 Å². The van der Waals surface area contributed by atoms with Gasteiger partial charge in [0.15, 0.2) is 6.23 Å². The number of nitrogens with two attached hydrogens (primary N) is 1. The number of nitrogens with zero attached hydrogens (tertiary/aromatic N) is 2. The lowest BCUT2D eigenvalue weighted by Crippen LogP contribution is -2.40. The molecule has 0 aliphatic carbocycles. The first kappa shape index (κ1) is 17.1. The molecule has 0 radical (unpaired) electrons. The number of anilines is 1. The maximum atomic E-state index is 11.9. The van der Waals surface area contributed by atoms with Gasteiger partial charge in [-0.3, -0.25) is 9.13 Å². The average molecular weight is 335 g/mol. The lowest BCUT2D eigenvalue weighted by Gasteiger charge is -2.23. The van der Waals surface area contributed by atoms with Gasteiger partial charge in [0.1, 0.15) is 24.1 Å². The van der Waals surface area contributed by atoms with Crippen molar-refractivity contribution >= 4 is 14.1 Å². The molecule has 1 aliphatic rings. The molecule has 10 nitrogen and oxygen atoms in total. The highest BCUT2D eigenvalue weighted by Crippen LogP contribution is 2.38. The van der Waals surface area contributed by atoms with Gasteiger partial charge in [0.05, 0.1) is 6.10 Å². The zero-order chi connectivity index (χ0) is 16.4. The summed E-state index contributed by atoms with van der Waals surface area (Å²) >= 11 is 0. The highest BCUT2D eigenvalue weighted by molar-refractivity contribution is 7.32. The Bertz CT molecular complexity index is 608. The quantitative estimate of drug-likeness (QED) is 0.570. The maximum absolute atomic E-state index is 11.9. The van der Waals surface area contributed by atoms with Crippen LogP contribution in [0.1, 0.15) is 13.2 Å². The fourth-order valence-electron chi connectivity index (χ4n) is 2.40. The Morgan fingerprint density at radius 2 is 2.23 bits per heavy atom. The normalized spacial score (nSPS) is 31.1. The summed E-state index contributed by atoms with van der Waals surface area (Å²) in [6.07, 6.45) is -3.46. The van der Waals surface area contributed by atoms with E-state index in [0.29, 0.717) is 0 Å². The Kier molecular flexibility index (Phi) is 5.32. The van der Waals surface area contributed by atoms with Crippen LogP contribution in [0.2, 0.25) is 0 Å². The Hall–Kier alpha value is -1.29. The molecule has 0 aromatic carbocycles. The molecule has 1 aromatic rings. The Morgan fingerprint density at radius 1 is 1.55 bits per heavy atom. The van der Waals surface area contributed by atoms with E-state index in [-0.39, 0.29) is 5.82 Å². The van der Waals surface area contributed by atoms with Crippen molar-refractivity contribution in [3.05, 3.63) is 22.7 Å². The molecule has 11 heteroatoms. The number of hydrogen-bond acceptors (Lipinski definition) is 8. The van der Waals surface area contributed by atoms with Gasteiger partial charge in [-0.25, -0.2) is 4.79 Å². The molecule has 1 saturated heterocycles. The van der Waals surface area contributed by atoms with Crippen molar-refractivity contribution in [1.29, 1.82) is 0 Å². The van der Waals surface area contributed by atoms with E-state index < -0.39 is 44.6 Å². The van der Waals surface area contributed by atoms with Gasteiger partial charge in [-0.1, -0.05) is 0 Å². The third-order valence-corrected chi connectivity index (χ3v) is 3.81. The summed E-state index contributed by atoms with van der Waals surface area (Å²) in [6.45, 7) is 1.44. The van der Waals surface area contributed by atoms with Crippen LogP contribution < -0.4 is 11.4 Å². The van der Waals surface area contributed by atoms with Gasteiger partial charge in [0.25, 0.3) is 0 Å². The molecule has 0 amide bonds. The van der Waals surface area contributed by atoms with Crippen LogP contribution in [0.25, 0.3) is 0 Å². The van der Waals surface area contributed by atoms with E-state index in [1.165, 1.54) is 26.3 Å². The fourth-order valence-corrected chi connectivity index (χ4v) is 2.90. The number of aliphatic hydroxyl groups excluding tert-OH is 1. The number of rotatable bonds is 5. The Morgan fingerprint density at radius 3 is 2.73 bits per heavy atom. The molecule has 0 bridgehead atoms. The van der Waals surface area contributed by atoms with Crippen molar-refractivity contribution in [2.45, 2.75) is 37.6 Å². The highest BCUT2D eigenvalue weighted by Gasteiger charge is 2.49. The lowest BCUT2D eigenvalue weighted by molar-refractivity contribution is -0.0816. The van der Waals surface area contributed by atoms with Crippen LogP contribution in [0.3, 0.4) is 0 Å². The first-order valence-corrected chi connectivity index (χ1v) is 7.72. The zero-order valence-corrected chi connectivity index (χ0v) is 12.9. The van der Waals surface area contributed by atoms with Crippen LogP contribution in [0, 0.1) is 0 Å². The van der Waals surface area contributed by atoms with Crippen molar-refractivity contribution < 1.29 is 28.6 Å². The molecule has 5 unspecified atom stereocenters. The number of ether oxygens (including phenoxy) is 2. The largest absolute Gasteiger partial charge is 0.391 e. The number of aromatic nitrogens is 2. The van der Waals surface area contributed by atoms with Gasteiger partial charge in [0, 0.05) is 13.3 Å². The number of nitrogen functional groups attached to an aromatic ring is 1. The van der Waals surface area contributed by atoms with E-state index in [9.17, 15) is 14.5 Å². The molecule has 6 atom stereocenters. The van der Waals surface area contributed by atoms with E-state index in [2.05, 4.69) is 4.98 Å². The molecule has 22 heavy (non-hydrogen) atoms. The summed E-state index contributed by atoms with van der Waals surface area (Å²) in [5.74, 6) is 0.0495. The minimum Gasteiger partial charge on any atom is -0.391 e. The van der Waals surface area contributed by atoms with Crippen LogP contribution in [0.4, 0.5) is 5.82 Å². The second kappa shape index (κ2) is 6.86. The summed E-state index contributed by atoms with van der Waals surface area (Å²) in [6, 6.07) is 1.40. The Labute approximate surface area is 126 Å². The van der Waals surface area contributed by atoms with Crippen LogP contribution >= 0.6 is 8.25 Å². The van der Waals surface area contributed by atoms with Gasteiger partial charge in [-0.15, -0.1) is 0 Å². The smallest absolute Gasteiger partial charge is 0.351 e. The van der Waals surface area contributed by atoms with Crippen molar-refractivity contribution in [1.82, 2.24) is 9.55 Å². The molecule has 1 aromatic heterocycles. The van der Waals surface area contributed by atoms with Crippen LogP contribution in [0.15, 0.2) is 17.1 Å². The molecule has 2 heterocycles. The molecule has 1 fully saturated rings. The SMILES string of the molecule is COC1C(O[PH](=O)O)C([C@@H](C)O)OC1n1ccc(N)nc1=O. The predicted molar refractivity (Wildman–Crippen MR) is 75.4 cm³/mol. The summed E-state index contributed by atoms with van der Waals surface area (Å²) in [7, 11) is -1.95. The second-order valence-electron chi connectivity index (χ2n) is 4.82. The molecule has 0 saturated carbocycles. The molecule has 0 spiro atoms. The zero-order valence-electron chi connectivity index (χ0n) is 11.9. The molecule has 1 aliphatic heterocycles. The molecular weight excluding hydrogens is 317 g/mol. The van der Waals surface area contributed by atoms with E-state index in [4.69, 9.17) is 24.6 Å². The number of aliphatic hydroxyl groups is 1. The third-order valence-electron chi connectivity index (χ3n) is 3.34. The van der Waals surface area contributed by atoms with Crippen LogP contribution in [0.5, 0.6) is 0 Å². The maximum Gasteiger partial charge on any atom is 0.351 e. The van der Waals surface area contributed by atoms with E-state index in [1.807, 2.05) is 0 Å². The minimum absolute atomic E-state index is 0.0495. The van der Waals surface area contributed by atoms with E-state index in [1.54, 1.807) is 0 Å². The summed E-state index contributed by atoms with van der Waals surface area (Å²) in [5.41, 5.74) is 4.76. The third kappa shape index (κ3) is 3.37. The molecule has 4 N–H and O–H groups in total. The summed E-state index contributed by atoms with van der Waals surface area (Å²) in [5, 5.41) is 9.77.